The Labute approximate surface area is 64.3 Å². The van der Waals surface area contributed by atoms with Crippen LogP contribution in [0.25, 0.3) is 0 Å². The molecule has 1 aromatic rings. The first-order valence-corrected chi connectivity index (χ1v) is 5.15. The molecule has 0 bridgehead atoms. The minimum atomic E-state index is 0.360. The van der Waals surface area contributed by atoms with Gasteiger partial charge in [0.2, 0.25) is 0 Å². The first-order valence-electron chi connectivity index (χ1n) is 2.40. The second kappa shape index (κ2) is 2.49. The standard InChI is InChI=1S/C6H5O.Hg/c7-6-4-2-1-3-5-6;/h2-5,7H;/q;+1. The molecule has 1 nitrogen and oxygen atoms in total. The molecule has 1 N–H and O–H groups in total. The van der Waals surface area contributed by atoms with Crippen LogP contribution in [0.1, 0.15) is 0 Å². The molecule has 0 spiro atoms. The van der Waals surface area contributed by atoms with Crippen LogP contribution < -0.4 is 3.07 Å². The zero-order chi connectivity index (χ0) is 5.98. The van der Waals surface area contributed by atoms with Crippen molar-refractivity contribution in [3.63, 3.8) is 0 Å². The van der Waals surface area contributed by atoms with Gasteiger partial charge in [-0.25, -0.2) is 0 Å². The maximum atomic E-state index is 8.78. The number of hydrogen-bond acceptors (Lipinski definition) is 1. The van der Waals surface area contributed by atoms with Gasteiger partial charge < -0.3 is 0 Å². The third kappa shape index (κ3) is 1.48. The molecule has 0 fully saturated rings. The molecule has 0 aromatic heterocycles. The van der Waals surface area contributed by atoms with E-state index in [4.69, 9.17) is 5.11 Å². The van der Waals surface area contributed by atoms with E-state index in [1.165, 1.54) is 3.07 Å². The first-order chi connectivity index (χ1) is 3.79. The zero-order valence-electron chi connectivity index (χ0n) is 4.46. The average molecular weight is 294 g/mol. The van der Waals surface area contributed by atoms with Gasteiger partial charge in [0.25, 0.3) is 0 Å². The van der Waals surface area contributed by atoms with E-state index < -0.39 is 0 Å². The van der Waals surface area contributed by atoms with Crippen LogP contribution >= 0.6 is 0 Å². The molecule has 0 heterocycles. The van der Waals surface area contributed by atoms with Crippen LogP contribution in [-0.2, 0) is 26.1 Å². The summed E-state index contributed by atoms with van der Waals surface area (Å²) in [4.78, 5) is 0. The monoisotopic (exact) mass is 295 g/mol. The molecule has 0 atom stereocenters. The van der Waals surface area contributed by atoms with Crippen LogP contribution in [0.2, 0.25) is 0 Å². The Kier molecular flexibility index (Phi) is 1.89. The molecule has 1 rings (SSSR count). The molecule has 0 radical (unpaired) electrons. The summed E-state index contributed by atoms with van der Waals surface area (Å²) >= 11 is 0.691. The van der Waals surface area contributed by atoms with E-state index in [2.05, 4.69) is 0 Å². The average Bonchev–Trinajstić information content (AvgIpc) is 1.77. The Morgan fingerprint density at radius 1 is 1.12 bits per heavy atom. The Bertz CT molecular complexity index is 147. The van der Waals surface area contributed by atoms with Gasteiger partial charge in [-0.05, 0) is 0 Å². The third-order valence-corrected chi connectivity index (χ3v) is 2.77. The van der Waals surface area contributed by atoms with Crippen molar-refractivity contribution < 1.29 is 31.2 Å². The van der Waals surface area contributed by atoms with E-state index >= 15 is 0 Å². The fourth-order valence-corrected chi connectivity index (χ4v) is 1.41. The number of phenols is 1. The van der Waals surface area contributed by atoms with Gasteiger partial charge in [0.05, 0.1) is 0 Å². The maximum absolute atomic E-state index is 8.78. The van der Waals surface area contributed by atoms with Crippen LogP contribution in [0.5, 0.6) is 5.75 Å². The van der Waals surface area contributed by atoms with Gasteiger partial charge in [0, 0.05) is 0 Å². The molecule has 1 aromatic carbocycles. The van der Waals surface area contributed by atoms with Crippen molar-refractivity contribution in [2.45, 2.75) is 0 Å². The van der Waals surface area contributed by atoms with Gasteiger partial charge >= 0.3 is 64.3 Å². The summed E-state index contributed by atoms with van der Waals surface area (Å²) < 4.78 is 1.36. The summed E-state index contributed by atoms with van der Waals surface area (Å²) in [5.74, 6) is 0.360. The van der Waals surface area contributed by atoms with Crippen LogP contribution in [0.15, 0.2) is 24.3 Å². The molecular formula is C6H5HgO+. The Hall–Kier alpha value is -0.0449. The molecule has 0 amide bonds. The predicted molar refractivity (Wildman–Crippen MR) is 27.7 cm³/mol. The summed E-state index contributed by atoms with van der Waals surface area (Å²) in [6.07, 6.45) is 0. The van der Waals surface area contributed by atoms with E-state index in [-0.39, 0.29) is 0 Å². The van der Waals surface area contributed by atoms with Crippen LogP contribution in [-0.4, -0.2) is 5.11 Å². The fourth-order valence-electron chi connectivity index (χ4n) is 0.496. The molecule has 0 saturated carbocycles. The molecule has 0 saturated heterocycles. The van der Waals surface area contributed by atoms with Gasteiger partial charge in [-0.2, -0.15) is 0 Å². The third-order valence-electron chi connectivity index (χ3n) is 0.936. The van der Waals surface area contributed by atoms with Gasteiger partial charge in [-0.1, -0.05) is 0 Å². The molecule has 0 aliphatic rings. The molecule has 0 unspecified atom stereocenters. The summed E-state index contributed by atoms with van der Waals surface area (Å²) in [5.41, 5.74) is 0. The Balaban J connectivity index is 3.03. The molecular weight excluding hydrogens is 289 g/mol. The van der Waals surface area contributed by atoms with E-state index in [9.17, 15) is 0 Å². The SMILES string of the molecule is Oc1cc[c]([Hg+])cc1. The van der Waals surface area contributed by atoms with Crippen molar-refractivity contribution in [1.29, 1.82) is 0 Å². The van der Waals surface area contributed by atoms with Crippen molar-refractivity contribution in [3.8, 4) is 5.75 Å². The van der Waals surface area contributed by atoms with Crippen molar-refractivity contribution in [2.75, 3.05) is 0 Å². The summed E-state index contributed by atoms with van der Waals surface area (Å²) in [6, 6.07) is 7.36. The topological polar surface area (TPSA) is 20.2 Å². The van der Waals surface area contributed by atoms with E-state index in [0.29, 0.717) is 31.9 Å². The predicted octanol–water partition coefficient (Wildman–Crippen LogP) is 0.564. The zero-order valence-corrected chi connectivity index (χ0v) is 9.96. The quantitative estimate of drug-likeness (QED) is 0.693. The second-order valence-electron chi connectivity index (χ2n) is 1.67. The summed E-state index contributed by atoms with van der Waals surface area (Å²) in [5, 5.41) is 8.78. The van der Waals surface area contributed by atoms with E-state index in [0.717, 1.165) is 0 Å². The Morgan fingerprint density at radius 3 is 2.00 bits per heavy atom. The van der Waals surface area contributed by atoms with Crippen molar-refractivity contribution in [3.05, 3.63) is 24.3 Å². The first kappa shape index (κ1) is 6.08. The second-order valence-corrected chi connectivity index (χ2v) is 4.84. The van der Waals surface area contributed by atoms with E-state index in [1.807, 2.05) is 12.1 Å². The number of aromatic hydroxyl groups is 1. The van der Waals surface area contributed by atoms with Crippen molar-refractivity contribution in [1.82, 2.24) is 0 Å². The number of rotatable bonds is 0. The van der Waals surface area contributed by atoms with Gasteiger partial charge in [0.15, 0.2) is 0 Å². The number of phenolic OH excluding ortho intramolecular Hbond substituents is 1. The Morgan fingerprint density at radius 2 is 1.62 bits per heavy atom. The molecule has 0 aliphatic heterocycles. The number of benzene rings is 1. The van der Waals surface area contributed by atoms with Crippen LogP contribution in [0.4, 0.5) is 0 Å². The van der Waals surface area contributed by atoms with E-state index in [1.54, 1.807) is 12.1 Å². The van der Waals surface area contributed by atoms with Gasteiger partial charge in [-0.15, -0.1) is 0 Å². The van der Waals surface area contributed by atoms with Gasteiger partial charge in [0.1, 0.15) is 0 Å². The normalized spacial score (nSPS) is 9.25. The minimum absolute atomic E-state index is 0.360. The summed E-state index contributed by atoms with van der Waals surface area (Å²) in [6.45, 7) is 0. The summed E-state index contributed by atoms with van der Waals surface area (Å²) in [7, 11) is 0. The number of hydrogen-bond donors (Lipinski definition) is 1. The molecule has 8 heavy (non-hydrogen) atoms. The molecule has 0 aliphatic carbocycles. The molecule has 36 valence electrons. The van der Waals surface area contributed by atoms with Crippen molar-refractivity contribution in [2.24, 2.45) is 0 Å². The van der Waals surface area contributed by atoms with Crippen LogP contribution in [0.3, 0.4) is 0 Å². The van der Waals surface area contributed by atoms with Crippen LogP contribution in [0, 0.1) is 0 Å². The van der Waals surface area contributed by atoms with Gasteiger partial charge in [-0.3, -0.25) is 0 Å². The van der Waals surface area contributed by atoms with Crippen molar-refractivity contribution >= 4 is 3.07 Å². The molecule has 2 heteroatoms. The fraction of sp³-hybridized carbons (Fsp3) is 0.